The lowest BCUT2D eigenvalue weighted by molar-refractivity contribution is -0.136. The Morgan fingerprint density at radius 1 is 1.22 bits per heavy atom. The van der Waals surface area contributed by atoms with E-state index in [0.29, 0.717) is 30.7 Å². The molecule has 5 unspecified atom stereocenters. The van der Waals surface area contributed by atoms with Gasteiger partial charge in [-0.05, 0) is 48.1 Å². The quantitative estimate of drug-likeness (QED) is 0.654. The molecule has 0 N–H and O–H groups in total. The predicted octanol–water partition coefficient (Wildman–Crippen LogP) is 4.05. The number of Topliss-reactive ketones (excluding diaryl/α,β-unsaturated/α-hetero) is 1. The second kappa shape index (κ2) is 8.24. The summed E-state index contributed by atoms with van der Waals surface area (Å²) in [4.78, 5) is 33.2. The Labute approximate surface area is 192 Å². The molecule has 32 heavy (non-hydrogen) atoms. The van der Waals surface area contributed by atoms with Gasteiger partial charge in [0.25, 0.3) is 5.91 Å². The summed E-state index contributed by atoms with van der Waals surface area (Å²) in [6, 6.07) is 10.7. The number of fused-ring (bicyclic) bond motifs is 1. The maximum atomic E-state index is 13.8. The molecule has 1 fully saturated rings. The number of carbonyl (C=O) groups excluding carboxylic acids is 2. The number of benzene rings is 1. The highest BCUT2D eigenvalue weighted by Crippen LogP contribution is 2.48. The van der Waals surface area contributed by atoms with Crippen molar-refractivity contribution in [3.05, 3.63) is 71.3 Å². The van der Waals surface area contributed by atoms with Crippen molar-refractivity contribution in [1.82, 2.24) is 9.88 Å². The van der Waals surface area contributed by atoms with Crippen molar-refractivity contribution in [2.45, 2.75) is 43.8 Å². The Morgan fingerprint density at radius 3 is 2.81 bits per heavy atom. The summed E-state index contributed by atoms with van der Waals surface area (Å²) in [5, 5.41) is -0.0789. The second-order valence-electron chi connectivity index (χ2n) is 8.81. The molecular formula is C25H25ClN2O4. The van der Waals surface area contributed by atoms with E-state index in [4.69, 9.17) is 21.1 Å². The maximum absolute atomic E-state index is 13.8. The molecule has 0 saturated heterocycles. The zero-order valence-corrected chi connectivity index (χ0v) is 18.8. The van der Waals surface area contributed by atoms with Crippen LogP contribution in [0.2, 0.25) is 0 Å². The van der Waals surface area contributed by atoms with Gasteiger partial charge in [-0.3, -0.25) is 14.6 Å². The van der Waals surface area contributed by atoms with Crippen molar-refractivity contribution in [3.63, 3.8) is 0 Å². The SMILES string of the molecule is COc1cccc(C2C3=C(OC4CC(C)C(Cl)CC4C3=O)C(=O)N2Cc2cccnc2)c1. The van der Waals surface area contributed by atoms with Gasteiger partial charge in [0.2, 0.25) is 0 Å². The van der Waals surface area contributed by atoms with Crippen LogP contribution in [0.3, 0.4) is 0 Å². The number of halogens is 1. The van der Waals surface area contributed by atoms with Crippen LogP contribution < -0.4 is 4.74 Å². The van der Waals surface area contributed by atoms with Crippen molar-refractivity contribution < 1.29 is 19.1 Å². The van der Waals surface area contributed by atoms with E-state index in [0.717, 1.165) is 11.1 Å². The fourth-order valence-electron chi connectivity index (χ4n) is 5.08. The average molecular weight is 453 g/mol. The van der Waals surface area contributed by atoms with Gasteiger partial charge in [0.05, 0.1) is 24.6 Å². The molecule has 0 radical (unpaired) electrons. The smallest absolute Gasteiger partial charge is 0.290 e. The first kappa shape index (κ1) is 21.0. The van der Waals surface area contributed by atoms with E-state index >= 15 is 0 Å². The largest absolute Gasteiger partial charge is 0.497 e. The number of rotatable bonds is 4. The van der Waals surface area contributed by atoms with Gasteiger partial charge in [0.1, 0.15) is 11.9 Å². The molecule has 0 spiro atoms. The van der Waals surface area contributed by atoms with Gasteiger partial charge in [0, 0.05) is 24.3 Å². The molecule has 5 atom stereocenters. The van der Waals surface area contributed by atoms with Gasteiger partial charge >= 0.3 is 0 Å². The number of nitrogens with zero attached hydrogens (tertiary/aromatic N) is 2. The Balaban J connectivity index is 1.58. The Hall–Kier alpha value is -2.86. The Morgan fingerprint density at radius 2 is 2.06 bits per heavy atom. The summed E-state index contributed by atoms with van der Waals surface area (Å²) in [6.07, 6.45) is 4.35. The summed E-state index contributed by atoms with van der Waals surface area (Å²) in [6.45, 7) is 2.39. The second-order valence-corrected chi connectivity index (χ2v) is 9.37. The number of ether oxygens (including phenoxy) is 2. The molecule has 3 heterocycles. The van der Waals surface area contributed by atoms with Gasteiger partial charge in [-0.25, -0.2) is 0 Å². The number of ketones is 1. The van der Waals surface area contributed by atoms with Crippen LogP contribution in [0.15, 0.2) is 60.1 Å². The molecule has 2 aromatic rings. The zero-order valence-electron chi connectivity index (χ0n) is 18.0. The van der Waals surface area contributed by atoms with E-state index in [-0.39, 0.29) is 40.8 Å². The van der Waals surface area contributed by atoms with Crippen molar-refractivity contribution in [2.24, 2.45) is 11.8 Å². The predicted molar refractivity (Wildman–Crippen MR) is 119 cm³/mol. The van der Waals surface area contributed by atoms with Gasteiger partial charge < -0.3 is 14.4 Å². The molecule has 3 aliphatic rings. The fraction of sp³-hybridized carbons (Fsp3) is 0.400. The Bertz CT molecular complexity index is 1090. The van der Waals surface area contributed by atoms with Crippen LogP contribution in [0.5, 0.6) is 5.75 Å². The van der Waals surface area contributed by atoms with Crippen LogP contribution in [0, 0.1) is 11.8 Å². The third-order valence-corrected chi connectivity index (χ3v) is 7.40. The van der Waals surface area contributed by atoms with Gasteiger partial charge in [-0.1, -0.05) is 25.1 Å². The summed E-state index contributed by atoms with van der Waals surface area (Å²) in [5.41, 5.74) is 2.13. The summed E-state index contributed by atoms with van der Waals surface area (Å²) in [5.74, 6) is 0.470. The van der Waals surface area contributed by atoms with Crippen molar-refractivity contribution in [3.8, 4) is 5.75 Å². The molecule has 5 rings (SSSR count). The maximum Gasteiger partial charge on any atom is 0.290 e. The zero-order chi connectivity index (χ0) is 22.4. The van der Waals surface area contributed by atoms with E-state index in [2.05, 4.69) is 11.9 Å². The molecule has 1 saturated carbocycles. The van der Waals surface area contributed by atoms with Crippen LogP contribution in [0.25, 0.3) is 0 Å². The van der Waals surface area contributed by atoms with Crippen LogP contribution in [0.1, 0.15) is 36.9 Å². The van der Waals surface area contributed by atoms with E-state index in [1.54, 1.807) is 24.4 Å². The fourth-order valence-corrected chi connectivity index (χ4v) is 5.37. The minimum Gasteiger partial charge on any atom is -0.497 e. The molecule has 1 amide bonds. The highest BCUT2D eigenvalue weighted by Gasteiger charge is 2.53. The van der Waals surface area contributed by atoms with Crippen LogP contribution in [-0.4, -0.2) is 40.2 Å². The first-order valence-electron chi connectivity index (χ1n) is 10.9. The molecule has 1 aromatic heterocycles. The van der Waals surface area contributed by atoms with Crippen molar-refractivity contribution >= 4 is 23.3 Å². The van der Waals surface area contributed by atoms with E-state index in [9.17, 15) is 9.59 Å². The lowest BCUT2D eigenvalue weighted by Gasteiger charge is -2.40. The van der Waals surface area contributed by atoms with E-state index < -0.39 is 6.04 Å². The number of hydrogen-bond acceptors (Lipinski definition) is 5. The lowest BCUT2D eigenvalue weighted by atomic mass is 9.74. The number of hydrogen-bond donors (Lipinski definition) is 0. The van der Waals surface area contributed by atoms with Crippen LogP contribution >= 0.6 is 11.6 Å². The van der Waals surface area contributed by atoms with Gasteiger partial charge in [-0.2, -0.15) is 0 Å². The van der Waals surface area contributed by atoms with Crippen LogP contribution in [0.4, 0.5) is 0 Å². The molecule has 0 bridgehead atoms. The van der Waals surface area contributed by atoms with Crippen molar-refractivity contribution in [2.75, 3.05) is 7.11 Å². The third kappa shape index (κ3) is 3.47. The normalized spacial score (nSPS) is 29.5. The van der Waals surface area contributed by atoms with Gasteiger partial charge in [-0.15, -0.1) is 11.6 Å². The minimum atomic E-state index is -0.547. The number of pyridine rings is 1. The number of methoxy groups -OCH3 is 1. The molecular weight excluding hydrogens is 428 g/mol. The monoisotopic (exact) mass is 452 g/mol. The Kier molecular flexibility index (Phi) is 5.41. The summed E-state index contributed by atoms with van der Waals surface area (Å²) < 4.78 is 11.7. The minimum absolute atomic E-state index is 0.0244. The van der Waals surface area contributed by atoms with Crippen molar-refractivity contribution in [1.29, 1.82) is 0 Å². The van der Waals surface area contributed by atoms with E-state index in [1.807, 2.05) is 36.4 Å². The standard InChI is InChI=1S/C25H25ClN2O4/c1-14-9-20-18(11-19(14)26)23(29)21-22(16-6-3-7-17(10-16)31-2)28(25(30)24(21)32-20)13-15-5-4-8-27-12-15/h3-8,10,12,14,18-20,22H,9,11,13H2,1-2H3. The molecule has 2 aliphatic heterocycles. The highest BCUT2D eigenvalue weighted by atomic mass is 35.5. The number of amides is 1. The molecule has 166 valence electrons. The summed E-state index contributed by atoms with van der Waals surface area (Å²) in [7, 11) is 1.60. The summed E-state index contributed by atoms with van der Waals surface area (Å²) >= 11 is 6.53. The van der Waals surface area contributed by atoms with Crippen LogP contribution in [-0.2, 0) is 20.9 Å². The highest BCUT2D eigenvalue weighted by molar-refractivity contribution is 6.21. The number of aromatic nitrogens is 1. The van der Waals surface area contributed by atoms with Gasteiger partial charge in [0.15, 0.2) is 11.5 Å². The lowest BCUT2D eigenvalue weighted by Crippen LogP contribution is -2.44. The number of alkyl halides is 1. The third-order valence-electron chi connectivity index (χ3n) is 6.79. The van der Waals surface area contributed by atoms with E-state index in [1.165, 1.54) is 0 Å². The molecule has 1 aromatic carbocycles. The topological polar surface area (TPSA) is 68.7 Å². The average Bonchev–Trinajstić information content (AvgIpc) is 3.08. The molecule has 1 aliphatic carbocycles. The first-order chi connectivity index (χ1) is 15.5. The molecule has 6 nitrogen and oxygen atoms in total. The first-order valence-corrected chi connectivity index (χ1v) is 11.3. The molecule has 7 heteroatoms. The number of carbonyl (C=O) groups is 2.